The Labute approximate surface area is 412 Å². The van der Waals surface area contributed by atoms with Crippen LogP contribution >= 0.6 is 0 Å². The first-order valence-corrected chi connectivity index (χ1v) is 29.6. The van der Waals surface area contributed by atoms with Gasteiger partial charge < -0.3 is 14.2 Å². The molecule has 0 heterocycles. The van der Waals surface area contributed by atoms with Crippen molar-refractivity contribution >= 4 is 17.9 Å². The molecule has 0 fully saturated rings. The summed E-state index contributed by atoms with van der Waals surface area (Å²) < 4.78 is 16.9. The molecule has 0 aromatic carbocycles. The zero-order chi connectivity index (χ0) is 48.4. The van der Waals surface area contributed by atoms with Crippen LogP contribution in [0, 0.1) is 17.8 Å². The first kappa shape index (κ1) is 64.4. The van der Waals surface area contributed by atoms with E-state index in [1.165, 1.54) is 212 Å². The van der Waals surface area contributed by atoms with E-state index in [0.29, 0.717) is 19.3 Å². The second kappa shape index (κ2) is 51.3. The molecule has 1 atom stereocenters. The summed E-state index contributed by atoms with van der Waals surface area (Å²) >= 11 is 0. The van der Waals surface area contributed by atoms with Gasteiger partial charge in [0, 0.05) is 19.3 Å². The maximum atomic E-state index is 12.8. The Morgan fingerprint density at radius 3 is 0.652 bits per heavy atom. The van der Waals surface area contributed by atoms with Crippen molar-refractivity contribution in [3.05, 3.63) is 0 Å². The van der Waals surface area contributed by atoms with Gasteiger partial charge in [-0.2, -0.15) is 0 Å². The second-order valence-electron chi connectivity index (χ2n) is 22.1. The molecule has 0 aromatic rings. The number of unbranched alkanes of at least 4 members (excludes halogenated alkanes) is 36. The van der Waals surface area contributed by atoms with Gasteiger partial charge in [-0.3, -0.25) is 14.4 Å². The van der Waals surface area contributed by atoms with Crippen LogP contribution in [0.1, 0.15) is 330 Å². The zero-order valence-corrected chi connectivity index (χ0v) is 45.5. The van der Waals surface area contributed by atoms with Crippen molar-refractivity contribution in [3.63, 3.8) is 0 Å². The van der Waals surface area contributed by atoms with Crippen LogP contribution in [0.3, 0.4) is 0 Å². The Hall–Kier alpha value is -1.59. The number of hydrogen-bond donors (Lipinski definition) is 0. The lowest BCUT2D eigenvalue weighted by atomic mass is 10.0. The quantitative estimate of drug-likeness (QED) is 0.0343. The summed E-state index contributed by atoms with van der Waals surface area (Å²) in [5, 5.41) is 0. The van der Waals surface area contributed by atoms with Crippen molar-refractivity contribution in [2.24, 2.45) is 17.8 Å². The summed E-state index contributed by atoms with van der Waals surface area (Å²) in [5.74, 6) is 1.65. The molecule has 0 aliphatic heterocycles. The predicted octanol–water partition coefficient (Wildman–Crippen LogP) is 19.5. The molecule has 6 nitrogen and oxygen atoms in total. The largest absolute Gasteiger partial charge is 0.462 e. The summed E-state index contributed by atoms with van der Waals surface area (Å²) in [6, 6.07) is 0. The minimum atomic E-state index is -0.764. The second-order valence-corrected chi connectivity index (χ2v) is 22.1. The van der Waals surface area contributed by atoms with Crippen LogP contribution in [-0.4, -0.2) is 37.2 Å². The molecule has 0 bridgehead atoms. The molecule has 0 aliphatic rings. The monoisotopic (exact) mass is 933 g/mol. The van der Waals surface area contributed by atoms with Gasteiger partial charge in [-0.1, -0.05) is 292 Å². The van der Waals surface area contributed by atoms with Gasteiger partial charge in [-0.05, 0) is 37.0 Å². The lowest BCUT2D eigenvalue weighted by Gasteiger charge is -2.18. The molecule has 0 amide bonds. The molecular weight excluding hydrogens is 817 g/mol. The van der Waals surface area contributed by atoms with Crippen LogP contribution in [0.25, 0.3) is 0 Å². The molecule has 0 N–H and O–H groups in total. The molecule has 0 spiro atoms. The van der Waals surface area contributed by atoms with Crippen LogP contribution in [-0.2, 0) is 28.6 Å². The zero-order valence-electron chi connectivity index (χ0n) is 45.5. The Bertz CT molecular complexity index is 1020. The third kappa shape index (κ3) is 53.4. The number of ether oxygens (including phenoxy) is 3. The normalized spacial score (nSPS) is 12.1. The van der Waals surface area contributed by atoms with Crippen molar-refractivity contribution in [1.29, 1.82) is 0 Å². The highest BCUT2D eigenvalue weighted by molar-refractivity contribution is 5.71. The summed E-state index contributed by atoms with van der Waals surface area (Å²) in [7, 11) is 0. The van der Waals surface area contributed by atoms with Crippen LogP contribution in [0.4, 0.5) is 0 Å². The molecule has 392 valence electrons. The number of rotatable bonds is 53. The fraction of sp³-hybridized carbons (Fsp3) is 0.950. The Morgan fingerprint density at radius 1 is 0.258 bits per heavy atom. The smallest absolute Gasteiger partial charge is 0.306 e. The third-order valence-corrected chi connectivity index (χ3v) is 13.6. The molecule has 0 aromatic heterocycles. The van der Waals surface area contributed by atoms with E-state index in [1.54, 1.807) is 0 Å². The molecule has 0 saturated heterocycles. The van der Waals surface area contributed by atoms with Gasteiger partial charge in [0.25, 0.3) is 0 Å². The van der Waals surface area contributed by atoms with E-state index in [2.05, 4.69) is 41.5 Å². The standard InChI is InChI=1S/C60H116O6/c1-54(2)46-40-34-28-22-18-14-11-9-7-8-10-12-16-20-24-31-37-43-49-58(61)64-52-57(53-65-59(62)50-44-38-32-27-26-30-36-42-48-56(5)6)66-60(63)51-45-39-33-25-21-17-13-15-19-23-29-35-41-47-55(3)4/h54-57H,7-53H2,1-6H3/t57-/m1/s1. The summed E-state index contributed by atoms with van der Waals surface area (Å²) in [6.07, 6.45) is 53.9. The van der Waals surface area contributed by atoms with Gasteiger partial charge in [0.05, 0.1) is 0 Å². The highest BCUT2D eigenvalue weighted by Gasteiger charge is 2.19. The Morgan fingerprint density at radius 2 is 0.439 bits per heavy atom. The number of esters is 3. The van der Waals surface area contributed by atoms with E-state index in [4.69, 9.17) is 14.2 Å². The highest BCUT2D eigenvalue weighted by atomic mass is 16.6. The van der Waals surface area contributed by atoms with Gasteiger partial charge in [0.2, 0.25) is 0 Å². The van der Waals surface area contributed by atoms with E-state index in [1.807, 2.05) is 0 Å². The summed E-state index contributed by atoms with van der Waals surface area (Å²) in [4.78, 5) is 38.1. The molecule has 0 aliphatic carbocycles. The Balaban J connectivity index is 4.23. The highest BCUT2D eigenvalue weighted by Crippen LogP contribution is 2.19. The van der Waals surface area contributed by atoms with E-state index in [0.717, 1.165) is 75.5 Å². The number of hydrogen-bond acceptors (Lipinski definition) is 6. The SMILES string of the molecule is CC(C)CCCCCCCCCCCCCCCCCCCCC(=O)OC[C@H](COC(=O)CCCCCCCCCCC(C)C)OC(=O)CCCCCCCCCCCCCCCC(C)C. The molecule has 0 radical (unpaired) electrons. The fourth-order valence-electron chi connectivity index (χ4n) is 9.18. The molecule has 0 unspecified atom stereocenters. The van der Waals surface area contributed by atoms with Crippen molar-refractivity contribution in [3.8, 4) is 0 Å². The first-order valence-electron chi connectivity index (χ1n) is 29.6. The van der Waals surface area contributed by atoms with Crippen molar-refractivity contribution in [2.75, 3.05) is 13.2 Å². The summed E-state index contributed by atoms with van der Waals surface area (Å²) in [6.45, 7) is 13.7. The van der Waals surface area contributed by atoms with E-state index >= 15 is 0 Å². The number of carbonyl (C=O) groups excluding carboxylic acids is 3. The molecule has 6 heteroatoms. The van der Waals surface area contributed by atoms with Gasteiger partial charge in [-0.25, -0.2) is 0 Å². The topological polar surface area (TPSA) is 78.9 Å². The minimum Gasteiger partial charge on any atom is -0.462 e. The van der Waals surface area contributed by atoms with Gasteiger partial charge in [-0.15, -0.1) is 0 Å². The van der Waals surface area contributed by atoms with Gasteiger partial charge >= 0.3 is 17.9 Å². The minimum absolute atomic E-state index is 0.0637. The van der Waals surface area contributed by atoms with Gasteiger partial charge in [0.15, 0.2) is 6.10 Å². The average Bonchev–Trinajstić information content (AvgIpc) is 3.28. The predicted molar refractivity (Wildman–Crippen MR) is 284 cm³/mol. The molecular formula is C60H116O6. The lowest BCUT2D eigenvalue weighted by Crippen LogP contribution is -2.30. The third-order valence-electron chi connectivity index (χ3n) is 13.6. The number of carbonyl (C=O) groups is 3. The lowest BCUT2D eigenvalue weighted by molar-refractivity contribution is -0.167. The van der Waals surface area contributed by atoms with E-state index < -0.39 is 6.10 Å². The first-order chi connectivity index (χ1) is 32.1. The molecule has 0 saturated carbocycles. The van der Waals surface area contributed by atoms with Crippen LogP contribution < -0.4 is 0 Å². The fourth-order valence-corrected chi connectivity index (χ4v) is 9.18. The van der Waals surface area contributed by atoms with Crippen molar-refractivity contribution in [2.45, 2.75) is 337 Å². The van der Waals surface area contributed by atoms with E-state index in [-0.39, 0.29) is 31.1 Å². The van der Waals surface area contributed by atoms with Crippen LogP contribution in [0.2, 0.25) is 0 Å². The van der Waals surface area contributed by atoms with Crippen molar-refractivity contribution in [1.82, 2.24) is 0 Å². The molecule has 0 rings (SSSR count). The maximum Gasteiger partial charge on any atom is 0.306 e. The average molecular weight is 934 g/mol. The van der Waals surface area contributed by atoms with Crippen molar-refractivity contribution < 1.29 is 28.6 Å². The molecule has 66 heavy (non-hydrogen) atoms. The summed E-state index contributed by atoms with van der Waals surface area (Å²) in [5.41, 5.74) is 0. The van der Waals surface area contributed by atoms with Gasteiger partial charge in [0.1, 0.15) is 13.2 Å². The van der Waals surface area contributed by atoms with E-state index in [9.17, 15) is 14.4 Å². The van der Waals surface area contributed by atoms with Crippen LogP contribution in [0.15, 0.2) is 0 Å². The maximum absolute atomic E-state index is 12.8. The Kier molecular flexibility index (Phi) is 50.0. The van der Waals surface area contributed by atoms with Crippen LogP contribution in [0.5, 0.6) is 0 Å².